The van der Waals surface area contributed by atoms with Crippen LogP contribution in [0.5, 0.6) is 0 Å². The molecule has 3 aromatic carbocycles. The molecule has 1 aliphatic rings. The van der Waals surface area contributed by atoms with Crippen molar-refractivity contribution in [2.45, 2.75) is 58.5 Å². The Bertz CT molecular complexity index is 940. The van der Waals surface area contributed by atoms with Gasteiger partial charge in [0.2, 0.25) is 0 Å². The predicted molar refractivity (Wildman–Crippen MR) is 112 cm³/mol. The molecule has 2 heteroatoms. The number of hydrogen-bond acceptors (Lipinski definition) is 2. The molecule has 2 nitrogen and oxygen atoms in total. The van der Waals surface area contributed by atoms with Gasteiger partial charge in [-0.3, -0.25) is 4.79 Å². The Morgan fingerprint density at radius 3 is 2.00 bits per heavy atom. The second-order valence-electron chi connectivity index (χ2n) is 8.52. The first-order chi connectivity index (χ1) is 13.0. The second kappa shape index (κ2) is 6.67. The zero-order valence-electron chi connectivity index (χ0n) is 16.5. The molecule has 1 saturated carbocycles. The van der Waals surface area contributed by atoms with Crippen LogP contribution in [0.1, 0.15) is 58.4 Å². The van der Waals surface area contributed by atoms with Gasteiger partial charge in [0.1, 0.15) is 5.60 Å². The van der Waals surface area contributed by atoms with Crippen LogP contribution < -0.4 is 0 Å². The minimum absolute atomic E-state index is 0.0797. The minimum atomic E-state index is -0.524. The predicted octanol–water partition coefficient (Wildman–Crippen LogP) is 6.74. The van der Waals surface area contributed by atoms with E-state index in [0.717, 1.165) is 32.1 Å². The van der Waals surface area contributed by atoms with E-state index in [1.807, 2.05) is 13.8 Å². The Morgan fingerprint density at radius 2 is 1.48 bits per heavy atom. The quantitative estimate of drug-likeness (QED) is 0.380. The van der Waals surface area contributed by atoms with Crippen molar-refractivity contribution in [2.75, 3.05) is 0 Å². The first-order valence-electron chi connectivity index (χ1n) is 10.1. The molecule has 27 heavy (non-hydrogen) atoms. The normalized spacial score (nSPS) is 16.7. The molecule has 0 spiro atoms. The lowest BCUT2D eigenvalue weighted by Crippen LogP contribution is -2.36. The maximum atomic E-state index is 13.1. The van der Waals surface area contributed by atoms with Gasteiger partial charge in [-0.25, -0.2) is 0 Å². The first-order valence-corrected chi connectivity index (χ1v) is 10.1. The van der Waals surface area contributed by atoms with Crippen molar-refractivity contribution < 1.29 is 9.53 Å². The average molecular weight is 360 g/mol. The lowest BCUT2D eigenvalue weighted by Gasteiger charge is -2.35. The number of carbonyl (C=O) groups excluding carboxylic acids is 1. The highest BCUT2D eigenvalue weighted by molar-refractivity contribution is 6.03. The molecular formula is C25H28O2. The highest BCUT2D eigenvalue weighted by Crippen LogP contribution is 2.48. The van der Waals surface area contributed by atoms with Crippen LogP contribution in [0.4, 0.5) is 0 Å². The number of carbonyl (C=O) groups is 1. The standard InChI is InChI=1S/C25H28O2/c1-4-24(2,3)23(26)27-25(15-9-10-16-25)22-20-13-7-5-11-18(20)17-19-12-6-8-14-21(19)22/h5-8,11-14,17H,4,9-10,15-16H2,1-3H3. The Morgan fingerprint density at radius 1 is 0.963 bits per heavy atom. The highest BCUT2D eigenvalue weighted by atomic mass is 16.6. The van der Waals surface area contributed by atoms with Crippen molar-refractivity contribution in [1.29, 1.82) is 0 Å². The van der Waals surface area contributed by atoms with Gasteiger partial charge in [-0.1, -0.05) is 55.5 Å². The zero-order valence-corrected chi connectivity index (χ0v) is 16.5. The third-order valence-corrected chi connectivity index (χ3v) is 6.36. The molecule has 140 valence electrons. The van der Waals surface area contributed by atoms with Crippen LogP contribution in [-0.2, 0) is 15.1 Å². The van der Waals surface area contributed by atoms with E-state index in [9.17, 15) is 4.79 Å². The van der Waals surface area contributed by atoms with E-state index in [1.54, 1.807) is 0 Å². The molecule has 0 N–H and O–H groups in total. The van der Waals surface area contributed by atoms with Gasteiger partial charge in [0, 0.05) is 5.56 Å². The number of ether oxygens (including phenoxy) is 1. The Balaban J connectivity index is 1.97. The smallest absolute Gasteiger partial charge is 0.312 e. The molecule has 0 saturated heterocycles. The molecular weight excluding hydrogens is 332 g/mol. The van der Waals surface area contributed by atoms with Crippen LogP contribution in [0.25, 0.3) is 21.5 Å². The van der Waals surface area contributed by atoms with E-state index in [1.165, 1.54) is 27.1 Å². The van der Waals surface area contributed by atoms with Crippen molar-refractivity contribution in [3.63, 3.8) is 0 Å². The fourth-order valence-corrected chi connectivity index (χ4v) is 4.31. The van der Waals surface area contributed by atoms with E-state index >= 15 is 0 Å². The summed E-state index contributed by atoms with van der Waals surface area (Å²) in [6.07, 6.45) is 4.76. The van der Waals surface area contributed by atoms with Gasteiger partial charge in [-0.2, -0.15) is 0 Å². The second-order valence-corrected chi connectivity index (χ2v) is 8.52. The molecule has 3 aromatic rings. The van der Waals surface area contributed by atoms with Crippen LogP contribution in [0.15, 0.2) is 54.6 Å². The summed E-state index contributed by atoms with van der Waals surface area (Å²) in [4.78, 5) is 13.1. The Kier molecular flexibility index (Phi) is 4.46. The summed E-state index contributed by atoms with van der Waals surface area (Å²) < 4.78 is 6.42. The monoisotopic (exact) mass is 360 g/mol. The van der Waals surface area contributed by atoms with Crippen molar-refractivity contribution in [1.82, 2.24) is 0 Å². The van der Waals surface area contributed by atoms with Gasteiger partial charge in [-0.05, 0) is 73.6 Å². The molecule has 0 atom stereocenters. The molecule has 1 aliphatic carbocycles. The van der Waals surface area contributed by atoms with E-state index < -0.39 is 11.0 Å². The van der Waals surface area contributed by atoms with Crippen molar-refractivity contribution in [2.24, 2.45) is 5.41 Å². The summed E-state index contributed by atoms with van der Waals surface area (Å²) in [7, 11) is 0. The van der Waals surface area contributed by atoms with E-state index in [0.29, 0.717) is 0 Å². The number of esters is 1. The highest BCUT2D eigenvalue weighted by Gasteiger charge is 2.44. The van der Waals surface area contributed by atoms with Crippen molar-refractivity contribution in [3.05, 3.63) is 60.2 Å². The Labute approximate surface area is 161 Å². The lowest BCUT2D eigenvalue weighted by atomic mass is 9.83. The summed E-state index contributed by atoms with van der Waals surface area (Å²) >= 11 is 0. The lowest BCUT2D eigenvalue weighted by molar-refractivity contribution is -0.171. The third-order valence-electron chi connectivity index (χ3n) is 6.36. The molecule has 0 aliphatic heterocycles. The zero-order chi connectivity index (χ0) is 19.1. The molecule has 0 radical (unpaired) electrons. The third kappa shape index (κ3) is 3.01. The summed E-state index contributed by atoms with van der Waals surface area (Å²) in [6, 6.07) is 19.2. The van der Waals surface area contributed by atoms with Crippen molar-refractivity contribution >= 4 is 27.5 Å². The van der Waals surface area contributed by atoms with Gasteiger partial charge in [-0.15, -0.1) is 0 Å². The maximum Gasteiger partial charge on any atom is 0.312 e. The largest absolute Gasteiger partial charge is 0.454 e. The molecule has 0 heterocycles. The van der Waals surface area contributed by atoms with Crippen LogP contribution in [-0.4, -0.2) is 5.97 Å². The summed E-state index contributed by atoms with van der Waals surface area (Å²) in [6.45, 7) is 6.02. The van der Waals surface area contributed by atoms with E-state index in [2.05, 4.69) is 61.5 Å². The number of hydrogen-bond donors (Lipinski definition) is 0. The summed E-state index contributed by atoms with van der Waals surface area (Å²) in [5.74, 6) is -0.0797. The summed E-state index contributed by atoms with van der Waals surface area (Å²) in [5.41, 5.74) is 0.217. The van der Waals surface area contributed by atoms with Crippen molar-refractivity contribution in [3.8, 4) is 0 Å². The van der Waals surface area contributed by atoms with Crippen LogP contribution in [0.2, 0.25) is 0 Å². The van der Waals surface area contributed by atoms with Crippen LogP contribution in [0.3, 0.4) is 0 Å². The van der Waals surface area contributed by atoms with E-state index in [-0.39, 0.29) is 5.97 Å². The number of benzene rings is 3. The van der Waals surface area contributed by atoms with Gasteiger partial charge in [0.15, 0.2) is 0 Å². The van der Waals surface area contributed by atoms with E-state index in [4.69, 9.17) is 4.74 Å². The van der Waals surface area contributed by atoms with Crippen LogP contribution >= 0.6 is 0 Å². The first kappa shape index (κ1) is 18.0. The molecule has 1 fully saturated rings. The Hall–Kier alpha value is -2.35. The van der Waals surface area contributed by atoms with Crippen LogP contribution in [0, 0.1) is 5.41 Å². The maximum absolute atomic E-state index is 13.1. The van der Waals surface area contributed by atoms with Gasteiger partial charge < -0.3 is 4.74 Å². The minimum Gasteiger partial charge on any atom is -0.454 e. The number of rotatable bonds is 4. The topological polar surface area (TPSA) is 26.3 Å². The average Bonchev–Trinajstić information content (AvgIpc) is 3.15. The molecule has 0 unspecified atom stereocenters. The van der Waals surface area contributed by atoms with Gasteiger partial charge in [0.05, 0.1) is 5.41 Å². The van der Waals surface area contributed by atoms with Gasteiger partial charge >= 0.3 is 5.97 Å². The molecule has 0 bridgehead atoms. The van der Waals surface area contributed by atoms with Gasteiger partial charge in [0.25, 0.3) is 0 Å². The number of fused-ring (bicyclic) bond motifs is 2. The fourth-order valence-electron chi connectivity index (χ4n) is 4.31. The molecule has 0 amide bonds. The molecule has 0 aromatic heterocycles. The fraction of sp³-hybridized carbons (Fsp3) is 0.400. The molecule has 4 rings (SSSR count). The summed E-state index contributed by atoms with van der Waals surface area (Å²) in [5, 5.41) is 4.84. The SMILES string of the molecule is CCC(C)(C)C(=O)OC1(c2c3ccccc3cc3ccccc23)CCCC1.